The van der Waals surface area contributed by atoms with Crippen LogP contribution in [0.5, 0.6) is 0 Å². The Bertz CT molecular complexity index is 1740. The molecule has 2 unspecified atom stereocenters. The molecule has 224 valence electrons. The molecule has 0 amide bonds. The number of para-hydroxylation sites is 6. The molecule has 0 saturated heterocycles. The highest BCUT2D eigenvalue weighted by atomic mass is 15.5. The van der Waals surface area contributed by atoms with Gasteiger partial charge in [0.05, 0.1) is 31.5 Å². The van der Waals surface area contributed by atoms with E-state index in [-0.39, 0.29) is 6.17 Å². The van der Waals surface area contributed by atoms with Gasteiger partial charge in [0.15, 0.2) is 16.7 Å². The van der Waals surface area contributed by atoms with Crippen LogP contribution in [0.1, 0.15) is 18.7 Å². The van der Waals surface area contributed by atoms with Crippen molar-refractivity contribution in [1.29, 1.82) is 0 Å². The van der Waals surface area contributed by atoms with Crippen molar-refractivity contribution in [3.8, 4) is 0 Å². The van der Waals surface area contributed by atoms with Crippen LogP contribution in [0.15, 0.2) is 119 Å². The molecule has 1 N–H and O–H groups in total. The number of rotatable bonds is 11. The first-order valence-corrected chi connectivity index (χ1v) is 15.3. The van der Waals surface area contributed by atoms with E-state index in [2.05, 4.69) is 107 Å². The van der Waals surface area contributed by atoms with E-state index in [0.717, 1.165) is 43.1 Å². The summed E-state index contributed by atoms with van der Waals surface area (Å²) < 4.78 is 4.65. The molecule has 8 nitrogen and oxygen atoms in total. The summed E-state index contributed by atoms with van der Waals surface area (Å²) in [6, 6.07) is 37.9. The fraction of sp³-hybridized carbons (Fsp3) is 0.250. The van der Waals surface area contributed by atoms with Crippen LogP contribution < -0.4 is 24.4 Å². The van der Waals surface area contributed by atoms with Crippen LogP contribution in [0.3, 0.4) is 0 Å². The Morgan fingerprint density at radius 2 is 1.39 bits per heavy atom. The van der Waals surface area contributed by atoms with Gasteiger partial charge in [-0.25, -0.2) is 9.13 Å². The molecule has 0 fully saturated rings. The second kappa shape index (κ2) is 13.1. The average Bonchev–Trinajstić information content (AvgIpc) is 3.50. The van der Waals surface area contributed by atoms with Crippen LogP contribution in [-0.4, -0.2) is 50.8 Å². The number of hydrogen-bond acceptors (Lipinski definition) is 5. The number of nitrogens with zero attached hydrogens (tertiary/aromatic N) is 7. The third kappa shape index (κ3) is 5.94. The number of benzene rings is 4. The van der Waals surface area contributed by atoms with Crippen molar-refractivity contribution in [3.05, 3.63) is 115 Å². The lowest BCUT2D eigenvalue weighted by molar-refractivity contribution is -0.841. The van der Waals surface area contributed by atoms with Gasteiger partial charge in [-0.05, 0) is 48.9 Å². The molecule has 0 spiro atoms. The van der Waals surface area contributed by atoms with E-state index in [4.69, 9.17) is 10.2 Å². The number of aromatic nitrogens is 2. The smallest absolute Gasteiger partial charge is 0.302 e. The van der Waals surface area contributed by atoms with E-state index in [1.54, 1.807) is 0 Å². The van der Waals surface area contributed by atoms with Crippen LogP contribution in [0.2, 0.25) is 0 Å². The number of anilines is 3. The largest absolute Gasteiger partial charge is 0.316 e. The third-order valence-corrected chi connectivity index (χ3v) is 8.62. The second-order valence-electron chi connectivity index (χ2n) is 11.3. The van der Waals surface area contributed by atoms with Crippen molar-refractivity contribution < 1.29 is 9.47 Å². The fourth-order valence-electron chi connectivity index (χ4n) is 6.17. The SMILES string of the molecule is CN(/N=C/c1n(CCCC[NH+]2c3ccccc3N(C)C2/C=N/N(C)c2ccccc2)c2ccccc2[n+]1C)c1ccccc1. The molecule has 5 aromatic rings. The van der Waals surface area contributed by atoms with Crippen molar-refractivity contribution in [2.45, 2.75) is 25.6 Å². The Kier molecular flexibility index (Phi) is 8.70. The molecular formula is C36H42N8+2. The quantitative estimate of drug-likeness (QED) is 0.104. The van der Waals surface area contributed by atoms with Crippen molar-refractivity contribution in [3.63, 3.8) is 0 Å². The summed E-state index contributed by atoms with van der Waals surface area (Å²) in [4.78, 5) is 3.78. The number of imidazole rings is 1. The van der Waals surface area contributed by atoms with Gasteiger partial charge in [0.2, 0.25) is 6.17 Å². The summed E-state index contributed by atoms with van der Waals surface area (Å²) in [5.74, 6) is 1.08. The minimum absolute atomic E-state index is 0.125. The summed E-state index contributed by atoms with van der Waals surface area (Å²) in [6.45, 7) is 1.93. The van der Waals surface area contributed by atoms with Crippen molar-refractivity contribution in [2.24, 2.45) is 17.3 Å². The predicted molar refractivity (Wildman–Crippen MR) is 182 cm³/mol. The van der Waals surface area contributed by atoms with Crippen LogP contribution in [-0.2, 0) is 13.6 Å². The molecule has 8 heteroatoms. The van der Waals surface area contributed by atoms with Gasteiger partial charge >= 0.3 is 5.82 Å². The Morgan fingerprint density at radius 3 is 2.11 bits per heavy atom. The Hall–Kier alpha value is -4.95. The number of unbranched alkanes of at least 4 members (excludes halogenated alkanes) is 1. The van der Waals surface area contributed by atoms with Gasteiger partial charge in [0.1, 0.15) is 18.1 Å². The number of quaternary nitrogens is 1. The van der Waals surface area contributed by atoms with E-state index in [1.165, 1.54) is 27.3 Å². The maximum absolute atomic E-state index is 4.86. The molecule has 0 aliphatic carbocycles. The molecule has 1 aliphatic heterocycles. The van der Waals surface area contributed by atoms with E-state index < -0.39 is 0 Å². The maximum atomic E-state index is 4.86. The first-order valence-electron chi connectivity index (χ1n) is 15.3. The van der Waals surface area contributed by atoms with Gasteiger partial charge in [-0.3, -0.25) is 14.9 Å². The molecule has 0 saturated carbocycles. The first kappa shape index (κ1) is 29.1. The Morgan fingerprint density at radius 1 is 0.773 bits per heavy atom. The summed E-state index contributed by atoms with van der Waals surface area (Å²) in [6.07, 6.45) is 6.34. The minimum atomic E-state index is 0.125. The zero-order chi connectivity index (χ0) is 30.5. The zero-order valence-corrected chi connectivity index (χ0v) is 26.1. The van der Waals surface area contributed by atoms with Gasteiger partial charge in [0.25, 0.3) is 0 Å². The van der Waals surface area contributed by atoms with E-state index >= 15 is 0 Å². The maximum Gasteiger partial charge on any atom is 0.302 e. The predicted octanol–water partition coefficient (Wildman–Crippen LogP) is 4.83. The zero-order valence-electron chi connectivity index (χ0n) is 26.1. The summed E-state index contributed by atoms with van der Waals surface area (Å²) >= 11 is 0. The van der Waals surface area contributed by atoms with Crippen LogP contribution in [0.4, 0.5) is 22.7 Å². The summed E-state index contributed by atoms with van der Waals surface area (Å²) in [7, 11) is 8.30. The van der Waals surface area contributed by atoms with E-state index in [0.29, 0.717) is 0 Å². The molecule has 1 aliphatic rings. The van der Waals surface area contributed by atoms with Crippen LogP contribution in [0, 0.1) is 0 Å². The lowest BCUT2D eigenvalue weighted by atomic mass is 10.2. The average molecular weight is 587 g/mol. The molecule has 4 aromatic carbocycles. The molecule has 0 bridgehead atoms. The number of nitrogens with one attached hydrogen (secondary N) is 1. The third-order valence-electron chi connectivity index (χ3n) is 8.62. The summed E-state index contributed by atoms with van der Waals surface area (Å²) in [5, 5.41) is 13.5. The van der Waals surface area contributed by atoms with E-state index in [1.807, 2.05) is 66.7 Å². The molecule has 44 heavy (non-hydrogen) atoms. The number of hydrazone groups is 2. The monoisotopic (exact) mass is 586 g/mol. The Labute approximate surface area is 260 Å². The van der Waals surface area contributed by atoms with Crippen LogP contribution >= 0.6 is 0 Å². The lowest BCUT2D eigenvalue weighted by Gasteiger charge is -2.23. The highest BCUT2D eigenvalue weighted by molar-refractivity contribution is 5.81. The van der Waals surface area contributed by atoms with Gasteiger partial charge < -0.3 is 4.90 Å². The molecule has 2 heterocycles. The van der Waals surface area contributed by atoms with Gasteiger partial charge in [-0.1, -0.05) is 60.7 Å². The molecule has 0 radical (unpaired) electrons. The summed E-state index contributed by atoms with van der Waals surface area (Å²) in [5.41, 5.74) is 7.17. The highest BCUT2D eigenvalue weighted by Crippen LogP contribution is 2.27. The number of aryl methyl sites for hydroxylation is 2. The number of fused-ring (bicyclic) bond motifs is 2. The molecular weight excluding hydrogens is 544 g/mol. The molecule has 1 aromatic heterocycles. The van der Waals surface area contributed by atoms with Crippen molar-refractivity contribution in [1.82, 2.24) is 4.57 Å². The van der Waals surface area contributed by atoms with Gasteiger partial charge in [-0.2, -0.15) is 10.2 Å². The molecule has 6 rings (SSSR count). The van der Waals surface area contributed by atoms with Gasteiger partial charge in [-0.15, -0.1) is 0 Å². The lowest BCUT2D eigenvalue weighted by Crippen LogP contribution is -3.11. The van der Waals surface area contributed by atoms with E-state index in [9.17, 15) is 0 Å². The fourth-order valence-corrected chi connectivity index (χ4v) is 6.17. The minimum Gasteiger partial charge on any atom is -0.316 e. The van der Waals surface area contributed by atoms with Gasteiger partial charge in [0, 0.05) is 33.6 Å². The highest BCUT2D eigenvalue weighted by Gasteiger charge is 2.37. The van der Waals surface area contributed by atoms with Crippen LogP contribution in [0.25, 0.3) is 11.0 Å². The topological polar surface area (TPSA) is 47.7 Å². The van der Waals surface area contributed by atoms with Crippen molar-refractivity contribution >= 4 is 46.2 Å². The number of hydrogen-bond donors (Lipinski definition) is 1. The Balaban J connectivity index is 1.18. The second-order valence-corrected chi connectivity index (χ2v) is 11.3. The normalized spacial score (nSPS) is 16.3. The standard InChI is InChI=1S/C36H41N8/c1-39-31-21-11-13-23-33(31)43(35(39)27-37-41(3)29-17-7-5-8-18-29)25-15-16-26-44-34-24-14-12-22-32(34)40(2)36(44)28-38-42(4)30-19-9-6-10-20-30/h5-14,17-24,27-28,35H,15-16,25-26H2,1-4H3/q+1/p+1/b37-27+. The first-order chi connectivity index (χ1) is 21.5. The molecule has 2 atom stereocenters. The van der Waals surface area contributed by atoms with Crippen molar-refractivity contribution in [2.75, 3.05) is 42.6 Å².